The fourth-order valence-corrected chi connectivity index (χ4v) is 4.52. The molecule has 10 heteroatoms. The Labute approximate surface area is 247 Å². The van der Waals surface area contributed by atoms with E-state index in [9.17, 15) is 18.8 Å². The molecule has 1 aromatic carbocycles. The molecule has 0 bridgehead atoms. The smallest absolute Gasteiger partial charge is 0.410 e. The molecule has 2 aromatic rings. The van der Waals surface area contributed by atoms with Gasteiger partial charge >= 0.3 is 18.0 Å². The Hall–Kier alpha value is -3.53. The fourth-order valence-electron chi connectivity index (χ4n) is 4.52. The van der Waals surface area contributed by atoms with Crippen LogP contribution < -0.4 is 0 Å². The first-order valence-electron chi connectivity index (χ1n) is 14.3. The monoisotopic (exact) mass is 586 g/mol. The van der Waals surface area contributed by atoms with E-state index < -0.39 is 41.4 Å². The van der Waals surface area contributed by atoms with Gasteiger partial charge in [-0.2, -0.15) is 0 Å². The van der Waals surface area contributed by atoms with Gasteiger partial charge in [0, 0.05) is 50.9 Å². The minimum absolute atomic E-state index is 0.0116. The zero-order valence-corrected chi connectivity index (χ0v) is 25.4. The van der Waals surface area contributed by atoms with Crippen molar-refractivity contribution in [3.8, 4) is 0 Å². The van der Waals surface area contributed by atoms with Crippen molar-refractivity contribution >= 4 is 18.0 Å². The van der Waals surface area contributed by atoms with E-state index in [1.165, 1.54) is 20.9 Å². The van der Waals surface area contributed by atoms with E-state index in [0.29, 0.717) is 24.7 Å². The second-order valence-corrected chi connectivity index (χ2v) is 12.2. The lowest BCUT2D eigenvalue weighted by molar-refractivity contribution is -0.172. The second kappa shape index (κ2) is 14.6. The Kier molecular flexibility index (Phi) is 11.4. The first kappa shape index (κ1) is 33.0. The standard InChI is InChI=1S/C32H43FN2O7/c1-31(2,3)42-30(38)35(6)26(19-32(4,5)33)28(36)41-27(29(37)40-21-22-10-8-7-9-11-22)18-23-12-13-25(34-20-23)24-14-16-39-17-15-24/h7-13,20,24,26-27H,14-19,21H2,1-6H3. The van der Waals surface area contributed by atoms with Crippen molar-refractivity contribution in [2.24, 2.45) is 0 Å². The summed E-state index contributed by atoms with van der Waals surface area (Å²) in [4.78, 5) is 45.1. The maximum Gasteiger partial charge on any atom is 0.410 e. The van der Waals surface area contributed by atoms with Gasteiger partial charge in [-0.15, -0.1) is 0 Å². The van der Waals surface area contributed by atoms with E-state index >= 15 is 0 Å². The van der Waals surface area contributed by atoms with Gasteiger partial charge in [0.25, 0.3) is 0 Å². The number of likely N-dealkylation sites (N-methyl/N-ethyl adjacent to an activating group) is 1. The average Bonchev–Trinajstić information content (AvgIpc) is 2.94. The number of nitrogens with zero attached hydrogens (tertiary/aromatic N) is 2. The molecular formula is C32H43FN2O7. The van der Waals surface area contributed by atoms with E-state index in [4.69, 9.17) is 18.9 Å². The summed E-state index contributed by atoms with van der Waals surface area (Å²) in [6.07, 6.45) is 0.882. The number of amides is 1. The predicted molar refractivity (Wildman–Crippen MR) is 154 cm³/mol. The summed E-state index contributed by atoms with van der Waals surface area (Å²) in [5.41, 5.74) is -0.305. The molecular weight excluding hydrogens is 543 g/mol. The molecule has 1 aliphatic heterocycles. The van der Waals surface area contributed by atoms with E-state index in [1.54, 1.807) is 27.0 Å². The highest BCUT2D eigenvalue weighted by Crippen LogP contribution is 2.26. The maximum atomic E-state index is 14.8. The van der Waals surface area contributed by atoms with Gasteiger partial charge in [-0.3, -0.25) is 9.88 Å². The summed E-state index contributed by atoms with van der Waals surface area (Å²) in [6.45, 7) is 9.01. The Balaban J connectivity index is 1.81. The first-order valence-corrected chi connectivity index (χ1v) is 14.3. The molecule has 1 saturated heterocycles. The summed E-state index contributed by atoms with van der Waals surface area (Å²) in [5, 5.41) is 0. The Morgan fingerprint density at radius 2 is 1.67 bits per heavy atom. The predicted octanol–water partition coefficient (Wildman–Crippen LogP) is 5.55. The summed E-state index contributed by atoms with van der Waals surface area (Å²) < 4.78 is 36.8. The van der Waals surface area contributed by atoms with E-state index in [0.717, 1.165) is 29.0 Å². The van der Waals surface area contributed by atoms with Gasteiger partial charge < -0.3 is 18.9 Å². The summed E-state index contributed by atoms with van der Waals surface area (Å²) in [6, 6.07) is 11.5. The number of hydrogen-bond acceptors (Lipinski definition) is 8. The van der Waals surface area contributed by atoms with Crippen LogP contribution in [0.2, 0.25) is 0 Å². The van der Waals surface area contributed by atoms with Crippen LogP contribution in [-0.2, 0) is 41.6 Å². The van der Waals surface area contributed by atoms with Crippen molar-refractivity contribution in [3.05, 3.63) is 65.5 Å². The molecule has 0 spiro atoms. The Morgan fingerprint density at radius 1 is 1.00 bits per heavy atom. The van der Waals surface area contributed by atoms with Gasteiger partial charge in [-0.25, -0.2) is 18.8 Å². The zero-order valence-electron chi connectivity index (χ0n) is 25.4. The number of halogens is 1. The van der Waals surface area contributed by atoms with Crippen molar-refractivity contribution in [1.82, 2.24) is 9.88 Å². The maximum absolute atomic E-state index is 14.8. The van der Waals surface area contributed by atoms with Gasteiger partial charge in [0.1, 0.15) is 23.9 Å². The van der Waals surface area contributed by atoms with Gasteiger partial charge in [-0.1, -0.05) is 36.4 Å². The molecule has 0 saturated carbocycles. The minimum Gasteiger partial charge on any atom is -0.458 e. The molecule has 1 aliphatic rings. The van der Waals surface area contributed by atoms with Gasteiger partial charge in [0.2, 0.25) is 6.10 Å². The largest absolute Gasteiger partial charge is 0.458 e. The SMILES string of the molecule is CN(C(=O)OC(C)(C)C)C(CC(C)(C)F)C(=O)OC(Cc1ccc(C2CCOCC2)nc1)C(=O)OCc1ccccc1. The number of carbonyl (C=O) groups excluding carboxylic acids is 3. The summed E-state index contributed by atoms with van der Waals surface area (Å²) in [7, 11) is 1.34. The van der Waals surface area contributed by atoms with Crippen LogP contribution in [0.15, 0.2) is 48.7 Å². The highest BCUT2D eigenvalue weighted by Gasteiger charge is 2.38. The topological polar surface area (TPSA) is 104 Å². The first-order chi connectivity index (χ1) is 19.7. The fraction of sp³-hybridized carbons (Fsp3) is 0.562. The lowest BCUT2D eigenvalue weighted by atomic mass is 9.95. The Bertz CT molecular complexity index is 1170. The normalized spacial score (nSPS) is 15.8. The molecule has 0 radical (unpaired) electrons. The molecule has 2 unspecified atom stereocenters. The molecule has 2 atom stereocenters. The third-order valence-corrected chi connectivity index (χ3v) is 6.75. The quantitative estimate of drug-likeness (QED) is 0.250. The van der Waals surface area contributed by atoms with Crippen LogP contribution in [0.5, 0.6) is 0 Å². The average molecular weight is 587 g/mol. The lowest BCUT2D eigenvalue weighted by Crippen LogP contribution is -2.49. The molecule has 3 rings (SSSR count). The van der Waals surface area contributed by atoms with Crippen LogP contribution >= 0.6 is 0 Å². The summed E-state index contributed by atoms with van der Waals surface area (Å²) >= 11 is 0. The summed E-state index contributed by atoms with van der Waals surface area (Å²) in [5.74, 6) is -1.41. The minimum atomic E-state index is -1.83. The van der Waals surface area contributed by atoms with Crippen molar-refractivity contribution in [2.45, 2.75) is 96.2 Å². The molecule has 0 N–H and O–H groups in total. The number of hydrogen-bond donors (Lipinski definition) is 0. The number of carbonyl (C=O) groups is 3. The van der Waals surface area contributed by atoms with Crippen LogP contribution in [0, 0.1) is 0 Å². The number of alkyl halides is 1. The molecule has 42 heavy (non-hydrogen) atoms. The molecule has 2 heterocycles. The van der Waals surface area contributed by atoms with Crippen LogP contribution in [-0.4, -0.2) is 71.6 Å². The van der Waals surface area contributed by atoms with Crippen molar-refractivity contribution in [3.63, 3.8) is 0 Å². The number of esters is 2. The van der Waals surface area contributed by atoms with Crippen molar-refractivity contribution in [1.29, 1.82) is 0 Å². The number of rotatable bonds is 11. The molecule has 9 nitrogen and oxygen atoms in total. The molecule has 0 aliphatic carbocycles. The highest BCUT2D eigenvalue weighted by atomic mass is 19.1. The molecule has 230 valence electrons. The van der Waals surface area contributed by atoms with Gasteiger partial charge in [-0.05, 0) is 64.7 Å². The van der Waals surface area contributed by atoms with Crippen LogP contribution in [0.3, 0.4) is 0 Å². The van der Waals surface area contributed by atoms with Crippen LogP contribution in [0.25, 0.3) is 0 Å². The number of aromatic nitrogens is 1. The van der Waals surface area contributed by atoms with Crippen molar-refractivity contribution in [2.75, 3.05) is 20.3 Å². The van der Waals surface area contributed by atoms with Crippen LogP contribution in [0.4, 0.5) is 9.18 Å². The highest BCUT2D eigenvalue weighted by molar-refractivity contribution is 5.85. The second-order valence-electron chi connectivity index (χ2n) is 12.2. The van der Waals surface area contributed by atoms with Crippen LogP contribution in [0.1, 0.15) is 76.6 Å². The third kappa shape index (κ3) is 10.7. The van der Waals surface area contributed by atoms with E-state index in [1.807, 2.05) is 42.5 Å². The molecule has 1 fully saturated rings. The Morgan fingerprint density at radius 3 is 2.24 bits per heavy atom. The van der Waals surface area contributed by atoms with E-state index in [2.05, 4.69) is 4.98 Å². The third-order valence-electron chi connectivity index (χ3n) is 6.75. The van der Waals surface area contributed by atoms with E-state index in [-0.39, 0.29) is 19.4 Å². The molecule has 1 aromatic heterocycles. The number of benzene rings is 1. The molecule has 1 amide bonds. The van der Waals surface area contributed by atoms with Gasteiger partial charge in [0.15, 0.2) is 0 Å². The lowest BCUT2D eigenvalue weighted by Gasteiger charge is -2.32. The van der Waals surface area contributed by atoms with Crippen molar-refractivity contribution < 1.29 is 37.7 Å². The van der Waals surface area contributed by atoms with Gasteiger partial charge in [0.05, 0.1) is 0 Å². The zero-order chi connectivity index (χ0) is 30.9. The number of pyridine rings is 1. The number of ether oxygens (including phenoxy) is 4.